The Morgan fingerprint density at radius 3 is 1.21 bits per heavy atom. The van der Waals surface area contributed by atoms with Gasteiger partial charge < -0.3 is 4.90 Å². The van der Waals surface area contributed by atoms with Crippen molar-refractivity contribution in [3.05, 3.63) is 0 Å². The van der Waals surface area contributed by atoms with Crippen LogP contribution in [0, 0.1) is 0 Å². The van der Waals surface area contributed by atoms with Crippen LogP contribution < -0.4 is 0 Å². The Labute approximate surface area is 150 Å². The topological polar surface area (TPSA) is 20.3 Å². The first-order valence-electron chi connectivity index (χ1n) is 3.07. The summed E-state index contributed by atoms with van der Waals surface area (Å²) >= 11 is 0. The van der Waals surface area contributed by atoms with Gasteiger partial charge in [-0.2, -0.15) is 19.8 Å². The first-order chi connectivity index (χ1) is 4.59. The molecule has 0 aliphatic rings. The van der Waals surface area contributed by atoms with Crippen molar-refractivity contribution in [3.8, 4) is 0 Å². The summed E-state index contributed by atoms with van der Waals surface area (Å²) in [7, 11) is 5.01. The summed E-state index contributed by atoms with van der Waals surface area (Å²) in [5.74, 6) is 0. The molecule has 0 spiro atoms. The molecule has 0 saturated heterocycles. The van der Waals surface area contributed by atoms with Crippen LogP contribution >= 0.6 is 37.0 Å². The predicted octanol–water partition coefficient (Wildman–Crippen LogP) is 2.01. The number of amides is 1. The van der Waals surface area contributed by atoms with E-state index in [1.54, 1.807) is 19.0 Å². The second-order valence-electron chi connectivity index (χ2n) is 1.95. The van der Waals surface area contributed by atoms with Gasteiger partial charge in [-0.25, -0.2) is 0 Å². The second-order valence-corrected chi connectivity index (χ2v) is 3.88. The molecule has 0 N–H and O–H groups in total. The van der Waals surface area contributed by atoms with E-state index in [9.17, 15) is 4.79 Å². The third kappa shape index (κ3) is 36.1. The van der Waals surface area contributed by atoms with Crippen LogP contribution in [0.3, 0.4) is 0 Å². The summed E-state index contributed by atoms with van der Waals surface area (Å²) in [6.45, 7) is 6.18. The minimum Gasteiger partial charge on any atom is -0.345 e. The van der Waals surface area contributed by atoms with Gasteiger partial charge in [0.2, 0.25) is 5.65 Å². The fourth-order valence-corrected chi connectivity index (χ4v) is 0.671. The van der Waals surface area contributed by atoms with E-state index in [1.807, 2.05) is 6.66 Å². The van der Waals surface area contributed by atoms with Crippen LogP contribution in [0.25, 0.3) is 0 Å². The van der Waals surface area contributed by atoms with Crippen molar-refractivity contribution in [3.63, 3.8) is 0 Å². The largest absolute Gasteiger partial charge is 0.345 e. The van der Waals surface area contributed by atoms with Crippen LogP contribution in [0.5, 0.6) is 0 Å². The molecule has 0 bridgehead atoms. The van der Waals surface area contributed by atoms with Gasteiger partial charge in [-0.3, -0.25) is 4.79 Å². The first kappa shape index (κ1) is 36.0. The average molecular weight is 427 g/mol. The molecular weight excluding hydrogens is 404 g/mol. The third-order valence-corrected chi connectivity index (χ3v) is 1.49. The molecule has 0 aromatic heterocycles. The number of rotatable bonds is 1. The third-order valence-electron chi connectivity index (χ3n) is 0.620. The van der Waals surface area contributed by atoms with Crippen LogP contribution in [0.15, 0.2) is 0 Å². The number of hydrogen-bond donors (Lipinski definition) is 0. The molecule has 0 heterocycles. The second kappa shape index (κ2) is 29.9. The van der Waals surface area contributed by atoms with Crippen molar-refractivity contribution in [1.29, 1.82) is 0 Å². The SMILES string of the molecule is CPC.CPC(=O)N(C)C.P.P.[Y].[Y]. The monoisotopic (exact) mass is 427 g/mol. The van der Waals surface area contributed by atoms with Gasteiger partial charge in [0, 0.05) is 79.5 Å². The Morgan fingerprint density at radius 2 is 1.21 bits per heavy atom. The van der Waals surface area contributed by atoms with Crippen LogP contribution in [0.1, 0.15) is 0 Å². The molecule has 0 fully saturated rings. The molecule has 3 unspecified atom stereocenters. The maximum absolute atomic E-state index is 10.4. The summed E-state index contributed by atoms with van der Waals surface area (Å²) in [5.41, 5.74) is 0.208. The zero-order chi connectivity index (χ0) is 8.57. The van der Waals surface area contributed by atoms with Gasteiger partial charge in [0.15, 0.2) is 0 Å². The van der Waals surface area contributed by atoms with Gasteiger partial charge >= 0.3 is 0 Å². The van der Waals surface area contributed by atoms with Gasteiger partial charge in [0.1, 0.15) is 0 Å². The van der Waals surface area contributed by atoms with E-state index in [0.29, 0.717) is 8.58 Å². The fourth-order valence-electron chi connectivity index (χ4n) is 0.224. The quantitative estimate of drug-likeness (QED) is 0.587. The molecule has 14 heavy (non-hydrogen) atoms. The zero-order valence-electron chi connectivity index (χ0n) is 9.92. The minimum absolute atomic E-state index is 0. The van der Waals surface area contributed by atoms with Gasteiger partial charge in [-0.1, -0.05) is 0 Å². The van der Waals surface area contributed by atoms with Crippen molar-refractivity contribution < 1.29 is 70.2 Å². The van der Waals surface area contributed by atoms with Crippen LogP contribution in [0.2, 0.25) is 0 Å². The molecule has 1 amide bonds. The summed E-state index contributed by atoms with van der Waals surface area (Å²) in [6.07, 6.45) is 0. The Bertz CT molecular complexity index is 97.9. The van der Waals surface area contributed by atoms with Gasteiger partial charge in [-0.05, 0) is 28.6 Å². The van der Waals surface area contributed by atoms with E-state index in [-0.39, 0.29) is 90.9 Å². The van der Waals surface area contributed by atoms with Crippen molar-refractivity contribution >= 4 is 42.6 Å². The summed E-state index contributed by atoms with van der Waals surface area (Å²) < 4.78 is 0. The smallest absolute Gasteiger partial charge is 0.239 e. The van der Waals surface area contributed by atoms with E-state index in [1.165, 1.54) is 0 Å². The molecule has 2 nitrogen and oxygen atoms in total. The van der Waals surface area contributed by atoms with E-state index in [2.05, 4.69) is 13.3 Å². The Hall–Kier alpha value is 3.40. The molecule has 0 aromatic carbocycles. The van der Waals surface area contributed by atoms with Crippen molar-refractivity contribution in [1.82, 2.24) is 4.90 Å². The van der Waals surface area contributed by atoms with E-state index >= 15 is 0 Å². The zero-order valence-corrected chi connectivity index (χ0v) is 20.4. The van der Waals surface area contributed by atoms with E-state index in [4.69, 9.17) is 0 Å². The molecule has 0 aromatic rings. The van der Waals surface area contributed by atoms with Crippen LogP contribution in [-0.2, 0) is 65.4 Å². The Morgan fingerprint density at radius 1 is 1.00 bits per heavy atom. The van der Waals surface area contributed by atoms with Crippen molar-refractivity contribution in [2.24, 2.45) is 0 Å². The average Bonchev–Trinajstić information content (AvgIpc) is 1.88. The molecule has 0 rings (SSSR count). The first-order valence-corrected chi connectivity index (χ1v) is 6.57. The van der Waals surface area contributed by atoms with Gasteiger partial charge in [-0.15, -0.1) is 8.58 Å². The molecule has 2 radical (unpaired) electrons. The van der Waals surface area contributed by atoms with Crippen LogP contribution in [0.4, 0.5) is 4.79 Å². The predicted molar refractivity (Wildman–Crippen MR) is 75.7 cm³/mol. The maximum Gasteiger partial charge on any atom is 0.239 e. The Balaban J connectivity index is -0.0000000208. The molecular formula is C6H23NOP4Y2. The van der Waals surface area contributed by atoms with Gasteiger partial charge in [0.25, 0.3) is 0 Å². The number of nitrogens with zero attached hydrogens (tertiary/aromatic N) is 1. The minimum atomic E-state index is 0. The van der Waals surface area contributed by atoms with E-state index < -0.39 is 0 Å². The maximum atomic E-state index is 10.4. The molecule has 0 saturated carbocycles. The van der Waals surface area contributed by atoms with Crippen molar-refractivity contribution in [2.45, 2.75) is 0 Å². The summed E-state index contributed by atoms with van der Waals surface area (Å²) in [4.78, 5) is 12.0. The van der Waals surface area contributed by atoms with Crippen LogP contribution in [-0.4, -0.2) is 44.6 Å². The summed E-state index contributed by atoms with van der Waals surface area (Å²) in [6, 6.07) is 0. The standard InChI is InChI=1S/C4H10NOP.C2H7P.2H3P.2Y/c1-5(2)4(6)7-3;1-3-2;;;;/h7H,1-3H3;3H,1-2H3;2*1H3;;. The van der Waals surface area contributed by atoms with E-state index in [0.717, 1.165) is 8.58 Å². The summed E-state index contributed by atoms with van der Waals surface area (Å²) in [5, 5.41) is 0. The normalized spacial score (nSPS) is 6.36. The molecule has 8 heteroatoms. The number of carbonyl (C=O) groups is 1. The number of hydrogen-bond acceptors (Lipinski definition) is 1. The molecule has 84 valence electrons. The fraction of sp³-hybridized carbons (Fsp3) is 0.833. The van der Waals surface area contributed by atoms with Crippen molar-refractivity contribution in [2.75, 3.05) is 34.1 Å². The Kier molecular flexibility index (Phi) is 77.0. The molecule has 0 aliphatic carbocycles. The molecule has 3 atom stereocenters. The number of carbonyl (C=O) groups excluding carboxylic acids is 1. The van der Waals surface area contributed by atoms with Gasteiger partial charge in [0.05, 0.1) is 0 Å². The molecule has 0 aliphatic heterocycles.